The fourth-order valence-electron chi connectivity index (χ4n) is 1.30. The van der Waals surface area contributed by atoms with E-state index in [1.807, 2.05) is 30.3 Å². The lowest BCUT2D eigenvalue weighted by atomic mass is 10.2. The molecule has 1 aromatic rings. The van der Waals surface area contributed by atoms with Gasteiger partial charge in [-0.3, -0.25) is 0 Å². The standard InChI is InChI=1S/C12H10O3/c1-8-11(13)10(15-12(8)14)7-9-5-3-2-4-6-9/h2-7,13H,1H3/b10-7-. The zero-order chi connectivity index (χ0) is 10.8. The van der Waals surface area contributed by atoms with Crippen molar-refractivity contribution in [2.45, 2.75) is 6.92 Å². The van der Waals surface area contributed by atoms with E-state index in [9.17, 15) is 9.90 Å². The Morgan fingerprint density at radius 3 is 2.47 bits per heavy atom. The Balaban J connectivity index is 2.35. The van der Waals surface area contributed by atoms with Gasteiger partial charge in [0.25, 0.3) is 0 Å². The van der Waals surface area contributed by atoms with Crippen LogP contribution in [0.4, 0.5) is 0 Å². The fourth-order valence-corrected chi connectivity index (χ4v) is 1.30. The topological polar surface area (TPSA) is 46.5 Å². The molecule has 0 amide bonds. The summed E-state index contributed by atoms with van der Waals surface area (Å²) in [4.78, 5) is 11.1. The normalized spacial score (nSPS) is 18.5. The molecular weight excluding hydrogens is 192 g/mol. The number of rotatable bonds is 1. The molecule has 0 fully saturated rings. The van der Waals surface area contributed by atoms with Gasteiger partial charge in [-0.25, -0.2) is 4.79 Å². The summed E-state index contributed by atoms with van der Waals surface area (Å²) in [6, 6.07) is 9.36. The highest BCUT2D eigenvalue weighted by Gasteiger charge is 2.25. The first kappa shape index (κ1) is 9.52. The van der Waals surface area contributed by atoms with E-state index >= 15 is 0 Å². The van der Waals surface area contributed by atoms with Crippen LogP contribution in [0.3, 0.4) is 0 Å². The molecule has 1 N–H and O–H groups in total. The molecule has 15 heavy (non-hydrogen) atoms. The molecule has 1 aliphatic heterocycles. The maximum atomic E-state index is 11.1. The third kappa shape index (κ3) is 1.76. The van der Waals surface area contributed by atoms with Crippen LogP contribution >= 0.6 is 0 Å². The number of hydrogen-bond acceptors (Lipinski definition) is 3. The van der Waals surface area contributed by atoms with Gasteiger partial charge in [-0.2, -0.15) is 0 Å². The summed E-state index contributed by atoms with van der Waals surface area (Å²) in [7, 11) is 0. The molecule has 0 spiro atoms. The summed E-state index contributed by atoms with van der Waals surface area (Å²) in [5.41, 5.74) is 1.12. The Kier molecular flexibility index (Phi) is 2.29. The highest BCUT2D eigenvalue weighted by atomic mass is 16.6. The van der Waals surface area contributed by atoms with Gasteiger partial charge < -0.3 is 9.84 Å². The van der Waals surface area contributed by atoms with E-state index in [1.165, 1.54) is 6.92 Å². The minimum absolute atomic E-state index is 0.0798. The smallest absolute Gasteiger partial charge is 0.343 e. The third-order valence-electron chi connectivity index (χ3n) is 2.19. The fraction of sp³-hybridized carbons (Fsp3) is 0.0833. The number of esters is 1. The van der Waals surface area contributed by atoms with Gasteiger partial charge in [-0.05, 0) is 18.6 Å². The summed E-state index contributed by atoms with van der Waals surface area (Å²) in [6.45, 7) is 1.53. The number of carbonyl (C=O) groups excluding carboxylic acids is 1. The zero-order valence-electron chi connectivity index (χ0n) is 8.23. The Morgan fingerprint density at radius 1 is 1.27 bits per heavy atom. The number of benzene rings is 1. The van der Waals surface area contributed by atoms with Crippen molar-refractivity contribution in [2.75, 3.05) is 0 Å². The van der Waals surface area contributed by atoms with Crippen LogP contribution in [0.1, 0.15) is 12.5 Å². The molecule has 3 heteroatoms. The monoisotopic (exact) mass is 202 g/mol. The first-order valence-electron chi connectivity index (χ1n) is 4.57. The van der Waals surface area contributed by atoms with Crippen LogP contribution in [0.2, 0.25) is 0 Å². The van der Waals surface area contributed by atoms with Crippen molar-refractivity contribution in [2.24, 2.45) is 0 Å². The van der Waals surface area contributed by atoms with Gasteiger partial charge in [0, 0.05) is 0 Å². The van der Waals surface area contributed by atoms with Crippen LogP contribution in [0.5, 0.6) is 0 Å². The van der Waals surface area contributed by atoms with Crippen molar-refractivity contribution < 1.29 is 14.6 Å². The quantitative estimate of drug-likeness (QED) is 0.711. The van der Waals surface area contributed by atoms with Crippen molar-refractivity contribution in [1.82, 2.24) is 0 Å². The first-order valence-corrected chi connectivity index (χ1v) is 4.57. The van der Waals surface area contributed by atoms with Gasteiger partial charge in [0.1, 0.15) is 0 Å². The SMILES string of the molecule is CC1=C(O)/C(=C/c2ccccc2)OC1=O. The molecule has 0 radical (unpaired) electrons. The van der Waals surface area contributed by atoms with E-state index in [2.05, 4.69) is 0 Å². The predicted octanol–water partition coefficient (Wildman–Crippen LogP) is 2.42. The highest BCUT2D eigenvalue weighted by molar-refractivity contribution is 5.94. The Labute approximate surface area is 87.3 Å². The average Bonchev–Trinajstić information content (AvgIpc) is 2.48. The molecule has 0 aromatic heterocycles. The van der Waals surface area contributed by atoms with E-state index in [4.69, 9.17) is 4.74 Å². The van der Waals surface area contributed by atoms with Crippen LogP contribution in [-0.4, -0.2) is 11.1 Å². The lowest BCUT2D eigenvalue weighted by Gasteiger charge is -1.97. The maximum absolute atomic E-state index is 11.1. The van der Waals surface area contributed by atoms with Gasteiger partial charge >= 0.3 is 5.97 Å². The molecule has 0 unspecified atom stereocenters. The Bertz CT molecular complexity index is 455. The molecule has 76 valence electrons. The van der Waals surface area contributed by atoms with E-state index < -0.39 is 5.97 Å². The second kappa shape index (κ2) is 3.61. The lowest BCUT2D eigenvalue weighted by Crippen LogP contribution is -1.94. The Morgan fingerprint density at radius 2 is 1.93 bits per heavy atom. The van der Waals surface area contributed by atoms with Gasteiger partial charge in [0.15, 0.2) is 11.5 Å². The number of ether oxygens (including phenoxy) is 1. The number of cyclic esters (lactones) is 1. The molecule has 0 atom stereocenters. The highest BCUT2D eigenvalue weighted by Crippen LogP contribution is 2.25. The minimum Gasteiger partial charge on any atom is -0.504 e. The van der Waals surface area contributed by atoms with Crippen molar-refractivity contribution in [1.29, 1.82) is 0 Å². The lowest BCUT2D eigenvalue weighted by molar-refractivity contribution is -0.133. The van der Waals surface area contributed by atoms with Crippen LogP contribution in [0, 0.1) is 0 Å². The van der Waals surface area contributed by atoms with Gasteiger partial charge in [0.2, 0.25) is 0 Å². The number of aliphatic hydroxyl groups is 1. The number of carbonyl (C=O) groups is 1. The second-order valence-corrected chi connectivity index (χ2v) is 3.28. The molecule has 1 aliphatic rings. The van der Waals surface area contributed by atoms with Gasteiger partial charge in [0.05, 0.1) is 5.57 Å². The van der Waals surface area contributed by atoms with Crippen LogP contribution in [0.25, 0.3) is 6.08 Å². The van der Waals surface area contributed by atoms with E-state index in [-0.39, 0.29) is 17.1 Å². The van der Waals surface area contributed by atoms with E-state index in [0.29, 0.717) is 0 Å². The van der Waals surface area contributed by atoms with E-state index in [1.54, 1.807) is 6.08 Å². The average molecular weight is 202 g/mol. The molecule has 0 saturated heterocycles. The number of aliphatic hydroxyl groups excluding tert-OH is 1. The van der Waals surface area contributed by atoms with Crippen LogP contribution < -0.4 is 0 Å². The van der Waals surface area contributed by atoms with Crippen molar-refractivity contribution in [3.8, 4) is 0 Å². The van der Waals surface area contributed by atoms with Crippen molar-refractivity contribution >= 4 is 12.0 Å². The summed E-state index contributed by atoms with van der Waals surface area (Å²) in [5, 5.41) is 9.55. The van der Waals surface area contributed by atoms with Crippen molar-refractivity contribution in [3.05, 3.63) is 53.0 Å². The molecule has 0 bridgehead atoms. The van der Waals surface area contributed by atoms with Crippen LogP contribution in [-0.2, 0) is 9.53 Å². The summed E-state index contributed by atoms with van der Waals surface area (Å²) >= 11 is 0. The summed E-state index contributed by atoms with van der Waals surface area (Å²) < 4.78 is 4.89. The predicted molar refractivity (Wildman–Crippen MR) is 55.8 cm³/mol. The second-order valence-electron chi connectivity index (χ2n) is 3.28. The first-order chi connectivity index (χ1) is 7.18. The Hall–Kier alpha value is -2.03. The maximum Gasteiger partial charge on any atom is 0.343 e. The van der Waals surface area contributed by atoms with Crippen molar-refractivity contribution in [3.63, 3.8) is 0 Å². The molecule has 1 aromatic carbocycles. The molecule has 0 aliphatic carbocycles. The largest absolute Gasteiger partial charge is 0.504 e. The van der Waals surface area contributed by atoms with Gasteiger partial charge in [-0.1, -0.05) is 30.3 Å². The van der Waals surface area contributed by atoms with E-state index in [0.717, 1.165) is 5.56 Å². The summed E-state index contributed by atoms with van der Waals surface area (Å²) in [5.74, 6) is -0.359. The summed E-state index contributed by atoms with van der Waals surface area (Å²) in [6.07, 6.45) is 1.63. The third-order valence-corrected chi connectivity index (χ3v) is 2.19. The van der Waals surface area contributed by atoms with Gasteiger partial charge in [-0.15, -0.1) is 0 Å². The molecule has 1 heterocycles. The zero-order valence-corrected chi connectivity index (χ0v) is 8.23. The number of hydrogen-bond donors (Lipinski definition) is 1. The molecular formula is C12H10O3. The van der Waals surface area contributed by atoms with Crippen LogP contribution in [0.15, 0.2) is 47.4 Å². The molecule has 0 saturated carbocycles. The molecule has 3 nitrogen and oxygen atoms in total. The molecule has 2 rings (SSSR count). The minimum atomic E-state index is -0.491.